The number of hydrogen-bond acceptors (Lipinski definition) is 10. The molecule has 2 unspecified atom stereocenters. The van der Waals surface area contributed by atoms with Crippen molar-refractivity contribution < 1.29 is 47.7 Å². The summed E-state index contributed by atoms with van der Waals surface area (Å²) >= 11 is 0. The molecule has 0 spiro atoms. The summed E-state index contributed by atoms with van der Waals surface area (Å²) in [6.45, 7) is 3.56. The summed E-state index contributed by atoms with van der Waals surface area (Å²) in [5.41, 5.74) is 0. The molecule has 1 heterocycles. The Bertz CT molecular complexity index is 857. The zero-order valence-corrected chi connectivity index (χ0v) is 28.3. The maximum atomic E-state index is 12.7. The summed E-state index contributed by atoms with van der Waals surface area (Å²) in [7, 11) is 0. The van der Waals surface area contributed by atoms with Crippen molar-refractivity contribution in [2.75, 3.05) is 6.61 Å². The van der Waals surface area contributed by atoms with Crippen molar-refractivity contribution in [2.24, 2.45) is 0 Å². The van der Waals surface area contributed by atoms with Gasteiger partial charge in [0.1, 0.15) is 0 Å². The number of ether oxygens (including phenoxy) is 5. The zero-order valence-electron chi connectivity index (χ0n) is 28.3. The first-order valence-corrected chi connectivity index (χ1v) is 17.6. The van der Waals surface area contributed by atoms with Crippen LogP contribution in [-0.2, 0) is 47.7 Å². The SMILES string of the molecule is CCCCCCCCCCCCCCCCCCCCCCCC(=O)OC1(OC(C)=O)COC(=O)CCC(=O)OC1OC(C)=O. The van der Waals surface area contributed by atoms with Crippen LogP contribution in [0, 0.1) is 0 Å². The molecule has 0 aromatic carbocycles. The minimum absolute atomic E-state index is 0.00323. The summed E-state index contributed by atoms with van der Waals surface area (Å²) in [6.07, 6.45) is 23.7. The monoisotopic (exact) mass is 640 g/mol. The normalized spacial score (nSPS) is 18.6. The van der Waals surface area contributed by atoms with E-state index in [-0.39, 0.29) is 19.3 Å². The lowest BCUT2D eigenvalue weighted by Crippen LogP contribution is -2.56. The van der Waals surface area contributed by atoms with Gasteiger partial charge in [-0.15, -0.1) is 0 Å². The van der Waals surface area contributed by atoms with Gasteiger partial charge in [-0.2, -0.15) is 0 Å². The molecule has 10 nitrogen and oxygen atoms in total. The number of rotatable bonds is 25. The molecule has 0 aromatic heterocycles. The number of hydrogen-bond donors (Lipinski definition) is 0. The maximum absolute atomic E-state index is 12.7. The van der Waals surface area contributed by atoms with Gasteiger partial charge in [-0.1, -0.05) is 135 Å². The van der Waals surface area contributed by atoms with Gasteiger partial charge in [0.15, 0.2) is 6.61 Å². The molecule has 0 bridgehead atoms. The minimum Gasteiger partial charge on any atom is -0.457 e. The molecule has 260 valence electrons. The molecule has 0 saturated carbocycles. The highest BCUT2D eigenvalue weighted by molar-refractivity contribution is 5.78. The smallest absolute Gasteiger partial charge is 0.366 e. The molecule has 1 fully saturated rings. The van der Waals surface area contributed by atoms with Crippen LogP contribution in [0.25, 0.3) is 0 Å². The van der Waals surface area contributed by atoms with E-state index in [2.05, 4.69) is 6.92 Å². The molecule has 1 rings (SSSR count). The summed E-state index contributed by atoms with van der Waals surface area (Å²) < 4.78 is 25.8. The van der Waals surface area contributed by atoms with E-state index in [0.29, 0.717) is 6.42 Å². The quantitative estimate of drug-likeness (QED) is 0.0417. The molecule has 1 aliphatic heterocycles. The van der Waals surface area contributed by atoms with Gasteiger partial charge in [0, 0.05) is 20.3 Å². The molecule has 0 N–H and O–H groups in total. The molecular weight excluding hydrogens is 580 g/mol. The van der Waals surface area contributed by atoms with Crippen LogP contribution < -0.4 is 0 Å². The third kappa shape index (κ3) is 20.9. The largest absolute Gasteiger partial charge is 0.457 e. The van der Waals surface area contributed by atoms with Crippen molar-refractivity contribution in [3.63, 3.8) is 0 Å². The van der Waals surface area contributed by atoms with Gasteiger partial charge in [0.05, 0.1) is 12.8 Å². The van der Waals surface area contributed by atoms with Crippen LogP contribution in [0.4, 0.5) is 0 Å². The van der Waals surface area contributed by atoms with Crippen molar-refractivity contribution in [3.05, 3.63) is 0 Å². The average molecular weight is 641 g/mol. The molecule has 45 heavy (non-hydrogen) atoms. The van der Waals surface area contributed by atoms with Crippen molar-refractivity contribution in [3.8, 4) is 0 Å². The van der Waals surface area contributed by atoms with E-state index in [0.717, 1.165) is 33.1 Å². The minimum atomic E-state index is -2.45. The van der Waals surface area contributed by atoms with Crippen molar-refractivity contribution in [1.29, 1.82) is 0 Å². The van der Waals surface area contributed by atoms with Crippen molar-refractivity contribution in [1.82, 2.24) is 0 Å². The van der Waals surface area contributed by atoms with Crippen LogP contribution in [0.2, 0.25) is 0 Å². The fourth-order valence-electron chi connectivity index (χ4n) is 5.42. The third-order valence-electron chi connectivity index (χ3n) is 7.93. The first kappa shape index (κ1) is 40.4. The predicted octanol–water partition coefficient (Wildman–Crippen LogP) is 8.16. The Labute approximate surface area is 271 Å². The molecule has 1 aliphatic rings. The molecule has 2 atom stereocenters. The summed E-state index contributed by atoms with van der Waals surface area (Å²) in [5.74, 6) is -6.70. The van der Waals surface area contributed by atoms with E-state index in [1.165, 1.54) is 109 Å². The van der Waals surface area contributed by atoms with Crippen molar-refractivity contribution in [2.45, 2.75) is 187 Å². The zero-order chi connectivity index (χ0) is 33.2. The van der Waals surface area contributed by atoms with E-state index in [1.54, 1.807) is 0 Å². The van der Waals surface area contributed by atoms with Crippen LogP contribution in [0.3, 0.4) is 0 Å². The van der Waals surface area contributed by atoms with Gasteiger partial charge in [-0.3, -0.25) is 24.0 Å². The van der Waals surface area contributed by atoms with E-state index in [4.69, 9.17) is 23.7 Å². The lowest BCUT2D eigenvalue weighted by molar-refractivity contribution is -0.320. The highest BCUT2D eigenvalue weighted by Crippen LogP contribution is 2.27. The number of unbranched alkanes of at least 4 members (excludes halogenated alkanes) is 20. The summed E-state index contributed by atoms with van der Waals surface area (Å²) in [4.78, 5) is 60.5. The van der Waals surface area contributed by atoms with Crippen molar-refractivity contribution >= 4 is 29.8 Å². The van der Waals surface area contributed by atoms with E-state index >= 15 is 0 Å². The summed E-state index contributed by atoms with van der Waals surface area (Å²) in [6, 6.07) is 0. The molecule has 1 saturated heterocycles. The fraction of sp³-hybridized carbons (Fsp3) is 0.857. The van der Waals surface area contributed by atoms with Crippen LogP contribution in [0.5, 0.6) is 0 Å². The lowest BCUT2D eigenvalue weighted by Gasteiger charge is -2.35. The molecule has 0 aliphatic carbocycles. The van der Waals surface area contributed by atoms with Gasteiger partial charge in [0.2, 0.25) is 0 Å². The second-order valence-corrected chi connectivity index (χ2v) is 12.3. The highest BCUT2D eigenvalue weighted by atomic mass is 16.8. The number of cyclic esters (lactones) is 2. The molecule has 0 radical (unpaired) electrons. The Balaban J connectivity index is 2.21. The van der Waals surface area contributed by atoms with Crippen LogP contribution in [-0.4, -0.2) is 48.5 Å². The predicted molar refractivity (Wildman–Crippen MR) is 170 cm³/mol. The molecule has 0 amide bonds. The van der Waals surface area contributed by atoms with Crippen LogP contribution in [0.1, 0.15) is 175 Å². The Kier molecular flexibility index (Phi) is 22.9. The van der Waals surface area contributed by atoms with E-state index in [1.807, 2.05) is 0 Å². The molecule has 10 heteroatoms. The number of esters is 5. The first-order valence-electron chi connectivity index (χ1n) is 17.6. The van der Waals surface area contributed by atoms with E-state index in [9.17, 15) is 24.0 Å². The van der Waals surface area contributed by atoms with Gasteiger partial charge in [-0.05, 0) is 6.42 Å². The standard InChI is InChI=1S/C35H60O10/c1-4-5-6-7-8-9-10-11-12-13-14-15-16-17-18-19-20-21-22-23-24-25-33(40)45-35(44-30(3)37)28-41-31(38)26-27-32(39)43-34(35)42-29(2)36/h34H,4-28H2,1-3H3. The average Bonchev–Trinajstić information content (AvgIpc) is 3.03. The lowest BCUT2D eigenvalue weighted by atomic mass is 10.0. The maximum Gasteiger partial charge on any atom is 0.366 e. The molecular formula is C35H60O10. The van der Waals surface area contributed by atoms with Gasteiger partial charge < -0.3 is 23.7 Å². The Morgan fingerprint density at radius 1 is 0.622 bits per heavy atom. The fourth-order valence-corrected chi connectivity index (χ4v) is 5.42. The van der Waals surface area contributed by atoms with Crippen LogP contribution >= 0.6 is 0 Å². The van der Waals surface area contributed by atoms with Gasteiger partial charge in [0.25, 0.3) is 0 Å². The van der Waals surface area contributed by atoms with Gasteiger partial charge >= 0.3 is 41.9 Å². The van der Waals surface area contributed by atoms with Gasteiger partial charge in [-0.25, -0.2) is 0 Å². The Morgan fingerprint density at radius 2 is 1.04 bits per heavy atom. The van der Waals surface area contributed by atoms with E-state index < -0.39 is 48.5 Å². The second-order valence-electron chi connectivity index (χ2n) is 12.3. The highest BCUT2D eigenvalue weighted by Gasteiger charge is 2.53. The summed E-state index contributed by atoms with van der Waals surface area (Å²) in [5, 5.41) is 0. The Morgan fingerprint density at radius 3 is 1.47 bits per heavy atom. The topological polar surface area (TPSA) is 132 Å². The Hall–Kier alpha value is -2.65. The first-order chi connectivity index (χ1) is 21.7. The number of carbonyl (C=O) groups excluding carboxylic acids is 5. The van der Waals surface area contributed by atoms with Crippen LogP contribution in [0.15, 0.2) is 0 Å². The molecule has 0 aromatic rings. The third-order valence-corrected chi connectivity index (χ3v) is 7.93. The second kappa shape index (κ2) is 25.5. The number of carbonyl (C=O) groups is 5.